The number of ether oxygens (including phenoxy) is 1. The predicted octanol–water partition coefficient (Wildman–Crippen LogP) is 1.40. The number of fused-ring (bicyclic) bond motifs is 1. The number of para-hydroxylation sites is 1. The van der Waals surface area contributed by atoms with Crippen molar-refractivity contribution in [1.82, 2.24) is 20.1 Å². The third kappa shape index (κ3) is 2.94. The first-order valence-corrected chi connectivity index (χ1v) is 8.14. The number of nitrogens with one attached hydrogen (secondary N) is 2. The zero-order valence-corrected chi connectivity index (χ0v) is 13.7. The van der Waals surface area contributed by atoms with Crippen LogP contribution in [0.1, 0.15) is 22.2 Å². The van der Waals surface area contributed by atoms with E-state index in [-0.39, 0.29) is 23.6 Å². The number of carbonyl (C=O) groups is 1. The zero-order valence-electron chi connectivity index (χ0n) is 13.7. The Morgan fingerprint density at radius 2 is 2.12 bits per heavy atom. The molecule has 7 nitrogen and oxygen atoms in total. The van der Waals surface area contributed by atoms with Gasteiger partial charge in [-0.3, -0.25) is 9.59 Å². The molecule has 25 heavy (non-hydrogen) atoms. The second-order valence-corrected chi connectivity index (χ2v) is 6.21. The van der Waals surface area contributed by atoms with Crippen molar-refractivity contribution in [1.29, 1.82) is 0 Å². The van der Waals surface area contributed by atoms with E-state index < -0.39 is 0 Å². The number of hydrogen-bond acceptors (Lipinski definition) is 4. The Kier molecular flexibility index (Phi) is 3.85. The highest BCUT2D eigenvalue weighted by atomic mass is 16.5. The summed E-state index contributed by atoms with van der Waals surface area (Å²) in [5.74, 6) is -0.225. The van der Waals surface area contributed by atoms with Gasteiger partial charge in [0, 0.05) is 17.0 Å². The molecule has 2 aromatic heterocycles. The summed E-state index contributed by atoms with van der Waals surface area (Å²) in [5.41, 5.74) is 1.93. The topological polar surface area (TPSA) is 89.0 Å². The molecule has 0 aliphatic carbocycles. The van der Waals surface area contributed by atoms with Gasteiger partial charge in [0.05, 0.1) is 24.9 Å². The molecule has 2 atom stereocenters. The molecule has 2 N–H and O–H groups in total. The number of aromatic amines is 1. The molecule has 4 rings (SSSR count). The second-order valence-electron chi connectivity index (χ2n) is 6.21. The van der Waals surface area contributed by atoms with Gasteiger partial charge in [0.1, 0.15) is 11.7 Å². The van der Waals surface area contributed by atoms with Gasteiger partial charge in [-0.15, -0.1) is 0 Å². The summed E-state index contributed by atoms with van der Waals surface area (Å²) in [6.45, 7) is 2.51. The first kappa shape index (κ1) is 15.6. The molecule has 1 aromatic carbocycles. The Morgan fingerprint density at radius 1 is 1.28 bits per heavy atom. The Bertz CT molecular complexity index is 958. The van der Waals surface area contributed by atoms with E-state index in [1.54, 1.807) is 6.07 Å². The second kappa shape index (κ2) is 6.18. The van der Waals surface area contributed by atoms with Gasteiger partial charge in [-0.2, -0.15) is 5.10 Å². The standard InChI is InChI=1S/C18H18N4O3/c1-11-6-7-17(23)22(21-11)16-10-25-9-15(16)20-18(24)14-8-12-4-2-3-5-13(12)19-14/h2-8,15-16,19H,9-10H2,1H3,(H,20,24). The molecule has 0 spiro atoms. The molecular formula is C18H18N4O3. The fourth-order valence-corrected chi connectivity index (χ4v) is 3.12. The first-order valence-electron chi connectivity index (χ1n) is 8.14. The number of rotatable bonds is 3. The lowest BCUT2D eigenvalue weighted by Gasteiger charge is -2.20. The van der Waals surface area contributed by atoms with Crippen LogP contribution in [0.25, 0.3) is 10.9 Å². The number of hydrogen-bond donors (Lipinski definition) is 2. The number of aryl methyl sites for hydroxylation is 1. The van der Waals surface area contributed by atoms with E-state index in [9.17, 15) is 9.59 Å². The van der Waals surface area contributed by atoms with Crippen LogP contribution in [0, 0.1) is 6.92 Å². The monoisotopic (exact) mass is 338 g/mol. The number of H-pyrrole nitrogens is 1. The maximum absolute atomic E-state index is 12.6. The van der Waals surface area contributed by atoms with Gasteiger partial charge in [0.25, 0.3) is 11.5 Å². The van der Waals surface area contributed by atoms with E-state index in [1.807, 2.05) is 37.3 Å². The molecule has 1 amide bonds. The van der Waals surface area contributed by atoms with Crippen molar-refractivity contribution in [3.05, 3.63) is 64.2 Å². The minimum Gasteiger partial charge on any atom is -0.377 e. The molecule has 7 heteroatoms. The summed E-state index contributed by atoms with van der Waals surface area (Å²) in [4.78, 5) is 27.8. The van der Waals surface area contributed by atoms with E-state index in [2.05, 4.69) is 15.4 Å². The highest BCUT2D eigenvalue weighted by Gasteiger charge is 2.33. The van der Waals surface area contributed by atoms with Crippen molar-refractivity contribution in [3.63, 3.8) is 0 Å². The summed E-state index contributed by atoms with van der Waals surface area (Å²) < 4.78 is 6.89. The molecule has 3 aromatic rings. The molecule has 0 bridgehead atoms. The predicted molar refractivity (Wildman–Crippen MR) is 92.6 cm³/mol. The van der Waals surface area contributed by atoms with Crippen LogP contribution in [0.4, 0.5) is 0 Å². The Labute approximate surface area is 143 Å². The van der Waals surface area contributed by atoms with Crippen molar-refractivity contribution in [2.24, 2.45) is 0 Å². The van der Waals surface area contributed by atoms with Gasteiger partial charge < -0.3 is 15.0 Å². The minimum atomic E-state index is -0.319. The normalized spacial score (nSPS) is 20.0. The van der Waals surface area contributed by atoms with E-state index in [4.69, 9.17) is 4.74 Å². The van der Waals surface area contributed by atoms with Crippen LogP contribution in [0.3, 0.4) is 0 Å². The third-order valence-electron chi connectivity index (χ3n) is 4.41. The summed E-state index contributed by atoms with van der Waals surface area (Å²) in [6, 6.07) is 12.0. The van der Waals surface area contributed by atoms with Crippen molar-refractivity contribution >= 4 is 16.8 Å². The van der Waals surface area contributed by atoms with Crippen molar-refractivity contribution in [3.8, 4) is 0 Å². The first-order chi connectivity index (χ1) is 12.1. The maximum Gasteiger partial charge on any atom is 0.268 e. The molecule has 2 unspecified atom stereocenters. The number of benzene rings is 1. The lowest BCUT2D eigenvalue weighted by molar-refractivity contribution is 0.0920. The average molecular weight is 338 g/mol. The number of amides is 1. The van der Waals surface area contributed by atoms with Crippen LogP contribution in [-0.2, 0) is 4.74 Å². The minimum absolute atomic E-state index is 0.203. The lowest BCUT2D eigenvalue weighted by atomic mass is 10.1. The maximum atomic E-state index is 12.6. The summed E-state index contributed by atoms with van der Waals surface area (Å²) in [6.07, 6.45) is 0. The largest absolute Gasteiger partial charge is 0.377 e. The molecule has 1 saturated heterocycles. The van der Waals surface area contributed by atoms with E-state index in [1.165, 1.54) is 10.7 Å². The molecule has 0 radical (unpaired) electrons. The smallest absolute Gasteiger partial charge is 0.268 e. The van der Waals surface area contributed by atoms with E-state index in [0.29, 0.717) is 18.9 Å². The molecule has 3 heterocycles. The Balaban J connectivity index is 1.57. The van der Waals surface area contributed by atoms with Crippen LogP contribution in [0.15, 0.2) is 47.3 Å². The van der Waals surface area contributed by atoms with Crippen molar-refractivity contribution in [2.75, 3.05) is 13.2 Å². The molecule has 0 saturated carbocycles. The van der Waals surface area contributed by atoms with Gasteiger partial charge in [0.15, 0.2) is 0 Å². The molecule has 128 valence electrons. The van der Waals surface area contributed by atoms with Gasteiger partial charge in [-0.1, -0.05) is 18.2 Å². The molecular weight excluding hydrogens is 320 g/mol. The number of carbonyl (C=O) groups excluding carboxylic acids is 1. The van der Waals surface area contributed by atoms with E-state index in [0.717, 1.165) is 16.6 Å². The molecule has 1 aliphatic rings. The lowest BCUT2D eigenvalue weighted by Crippen LogP contribution is -2.44. The van der Waals surface area contributed by atoms with Crippen LogP contribution >= 0.6 is 0 Å². The van der Waals surface area contributed by atoms with Crippen LogP contribution in [0.5, 0.6) is 0 Å². The molecule has 1 aliphatic heterocycles. The third-order valence-corrected chi connectivity index (χ3v) is 4.41. The summed E-state index contributed by atoms with van der Waals surface area (Å²) in [5, 5.41) is 8.22. The average Bonchev–Trinajstić information content (AvgIpc) is 3.23. The fourth-order valence-electron chi connectivity index (χ4n) is 3.12. The van der Waals surface area contributed by atoms with Gasteiger partial charge in [-0.05, 0) is 25.1 Å². The van der Waals surface area contributed by atoms with Crippen LogP contribution in [0.2, 0.25) is 0 Å². The number of aromatic nitrogens is 3. The highest BCUT2D eigenvalue weighted by molar-refractivity contribution is 5.98. The highest BCUT2D eigenvalue weighted by Crippen LogP contribution is 2.19. The van der Waals surface area contributed by atoms with Crippen molar-refractivity contribution in [2.45, 2.75) is 19.0 Å². The molecule has 1 fully saturated rings. The van der Waals surface area contributed by atoms with Crippen LogP contribution < -0.4 is 10.9 Å². The van der Waals surface area contributed by atoms with Crippen LogP contribution in [-0.4, -0.2) is 39.9 Å². The van der Waals surface area contributed by atoms with Crippen molar-refractivity contribution < 1.29 is 9.53 Å². The van der Waals surface area contributed by atoms with E-state index >= 15 is 0 Å². The van der Waals surface area contributed by atoms with Gasteiger partial charge in [-0.25, -0.2) is 4.68 Å². The summed E-state index contributed by atoms with van der Waals surface area (Å²) >= 11 is 0. The quantitative estimate of drug-likeness (QED) is 0.755. The SMILES string of the molecule is Cc1ccc(=O)n(C2COCC2NC(=O)c2cc3ccccc3[nH]2)n1. The fraction of sp³-hybridized carbons (Fsp3) is 0.278. The van der Waals surface area contributed by atoms with Gasteiger partial charge >= 0.3 is 0 Å². The summed E-state index contributed by atoms with van der Waals surface area (Å²) in [7, 11) is 0. The van der Waals surface area contributed by atoms with Gasteiger partial charge in [0.2, 0.25) is 0 Å². The Morgan fingerprint density at radius 3 is 2.96 bits per heavy atom. The zero-order chi connectivity index (χ0) is 17.4. The Hall–Kier alpha value is -2.93. The number of nitrogens with zero attached hydrogens (tertiary/aromatic N) is 2.